The van der Waals surface area contributed by atoms with Gasteiger partial charge in [-0.05, 0) is 24.3 Å². The van der Waals surface area contributed by atoms with Crippen molar-refractivity contribution in [2.75, 3.05) is 25.6 Å². The average molecular weight is 423 g/mol. The Balaban J connectivity index is 1.93. The summed E-state index contributed by atoms with van der Waals surface area (Å²) in [6.07, 6.45) is 0. The molecule has 0 bridgehead atoms. The zero-order valence-electron chi connectivity index (χ0n) is 15.7. The van der Waals surface area contributed by atoms with Crippen LogP contribution < -0.4 is 20.1 Å². The van der Waals surface area contributed by atoms with Gasteiger partial charge < -0.3 is 20.1 Å². The molecule has 0 unspecified atom stereocenters. The summed E-state index contributed by atoms with van der Waals surface area (Å²) in [4.78, 5) is 17.8. The van der Waals surface area contributed by atoms with Gasteiger partial charge in [-0.2, -0.15) is 4.98 Å². The summed E-state index contributed by atoms with van der Waals surface area (Å²) < 4.78 is 13.1. The van der Waals surface area contributed by atoms with Crippen LogP contribution in [0.5, 0.6) is 11.8 Å². The van der Waals surface area contributed by atoms with Crippen LogP contribution in [0.3, 0.4) is 0 Å². The lowest BCUT2D eigenvalue weighted by atomic mass is 10.2. The van der Waals surface area contributed by atoms with Crippen LogP contribution in [-0.4, -0.2) is 36.2 Å². The molecular weight excluding hydrogens is 403 g/mol. The maximum Gasteiger partial charge on any atom is 0.296 e. The Kier molecular flexibility index (Phi) is 5.98. The van der Waals surface area contributed by atoms with E-state index in [0.717, 1.165) is 5.52 Å². The third-order valence-electron chi connectivity index (χ3n) is 4.46. The number of methoxy groups -OCH3 is 1. The quantitative estimate of drug-likeness (QED) is 0.657. The number of rotatable bonds is 6. The highest BCUT2D eigenvalue weighted by atomic mass is 35.5. The Labute approximate surface area is 172 Å². The number of ether oxygens (including phenoxy) is 2. The molecule has 1 amide bonds. The molecule has 3 aromatic rings. The number of hydrogen-bond donors (Lipinski definition) is 1. The molecule has 9 heteroatoms. The van der Waals surface area contributed by atoms with E-state index in [1.165, 1.54) is 4.90 Å². The number of likely N-dealkylation sites (N-methyl/N-ethyl adjacent to an activating group) is 1. The van der Waals surface area contributed by atoms with Gasteiger partial charge in [0.15, 0.2) is 0 Å². The molecule has 148 valence electrons. The molecule has 0 aliphatic carbocycles. The normalized spacial score (nSPS) is 10.9. The Morgan fingerprint density at radius 3 is 2.71 bits per heavy atom. The number of benzene rings is 2. The number of halogens is 2. The van der Waals surface area contributed by atoms with Gasteiger partial charge in [0.25, 0.3) is 6.01 Å². The summed E-state index contributed by atoms with van der Waals surface area (Å²) in [5, 5.41) is 0.774. The summed E-state index contributed by atoms with van der Waals surface area (Å²) in [6, 6.07) is 9.42. The Hall–Kier alpha value is -2.48. The molecular formula is C19H20Cl2N4O3. The molecule has 0 saturated carbocycles. The number of aryl methyl sites for hydroxylation is 1. The number of carbonyl (C=O) groups excluding carboxylic acids is 1. The van der Waals surface area contributed by atoms with Crippen molar-refractivity contribution in [2.24, 2.45) is 12.8 Å². The third-order valence-corrected chi connectivity index (χ3v) is 5.24. The second-order valence-electron chi connectivity index (χ2n) is 6.09. The largest absolute Gasteiger partial charge is 0.486 e. The minimum atomic E-state index is -0.263. The molecule has 1 heterocycles. The van der Waals surface area contributed by atoms with Crippen LogP contribution in [0.25, 0.3) is 11.0 Å². The zero-order chi connectivity index (χ0) is 20.4. The van der Waals surface area contributed by atoms with E-state index in [9.17, 15) is 4.79 Å². The van der Waals surface area contributed by atoms with E-state index in [2.05, 4.69) is 4.98 Å². The molecule has 3 rings (SSSR count). The molecule has 0 atom stereocenters. The van der Waals surface area contributed by atoms with Crippen molar-refractivity contribution < 1.29 is 14.3 Å². The molecule has 0 aliphatic heterocycles. The van der Waals surface area contributed by atoms with Crippen LogP contribution in [0.15, 0.2) is 30.3 Å². The van der Waals surface area contributed by atoms with E-state index in [1.54, 1.807) is 26.3 Å². The first-order valence-electron chi connectivity index (χ1n) is 8.44. The first kappa shape index (κ1) is 20.3. The number of para-hydroxylation sites is 1. The van der Waals surface area contributed by atoms with Crippen molar-refractivity contribution in [3.63, 3.8) is 0 Å². The fourth-order valence-corrected chi connectivity index (χ4v) is 3.47. The number of fused-ring (bicyclic) bond motifs is 1. The summed E-state index contributed by atoms with van der Waals surface area (Å²) in [5.41, 5.74) is 8.05. The number of nitrogens with zero attached hydrogens (tertiary/aromatic N) is 3. The van der Waals surface area contributed by atoms with Gasteiger partial charge in [-0.1, -0.05) is 29.3 Å². The SMILES string of the molecule is COc1nc2c(OCc3c(Cl)ccc(N(C)C(=O)CN)c3Cl)cccc2n1C. The minimum Gasteiger partial charge on any atom is -0.486 e. The highest BCUT2D eigenvalue weighted by Gasteiger charge is 2.19. The fraction of sp³-hybridized carbons (Fsp3) is 0.263. The molecule has 2 aromatic carbocycles. The topological polar surface area (TPSA) is 82.6 Å². The maximum absolute atomic E-state index is 11.9. The lowest BCUT2D eigenvalue weighted by Crippen LogP contribution is -2.32. The molecule has 0 radical (unpaired) electrons. The van der Waals surface area contributed by atoms with E-state index < -0.39 is 0 Å². The van der Waals surface area contributed by atoms with E-state index in [0.29, 0.717) is 38.6 Å². The maximum atomic E-state index is 11.9. The number of aromatic nitrogens is 2. The van der Waals surface area contributed by atoms with Crippen molar-refractivity contribution in [1.29, 1.82) is 0 Å². The van der Waals surface area contributed by atoms with Gasteiger partial charge in [-0.15, -0.1) is 0 Å². The van der Waals surface area contributed by atoms with Crippen LogP contribution in [0, 0.1) is 0 Å². The Morgan fingerprint density at radius 1 is 1.29 bits per heavy atom. The van der Waals surface area contributed by atoms with Gasteiger partial charge >= 0.3 is 0 Å². The highest BCUT2D eigenvalue weighted by Crippen LogP contribution is 2.35. The van der Waals surface area contributed by atoms with Crippen LogP contribution in [0.4, 0.5) is 5.69 Å². The number of amides is 1. The molecule has 2 N–H and O–H groups in total. The van der Waals surface area contributed by atoms with Crippen LogP contribution >= 0.6 is 23.2 Å². The van der Waals surface area contributed by atoms with Gasteiger partial charge in [0.05, 0.1) is 29.9 Å². The van der Waals surface area contributed by atoms with Crippen molar-refractivity contribution >= 4 is 45.8 Å². The van der Waals surface area contributed by atoms with E-state index in [-0.39, 0.29) is 19.1 Å². The fourth-order valence-electron chi connectivity index (χ4n) is 2.86. The monoisotopic (exact) mass is 422 g/mol. The molecule has 0 saturated heterocycles. The smallest absolute Gasteiger partial charge is 0.296 e. The minimum absolute atomic E-state index is 0.105. The van der Waals surface area contributed by atoms with Gasteiger partial charge in [0.2, 0.25) is 5.91 Å². The van der Waals surface area contributed by atoms with Gasteiger partial charge in [0.1, 0.15) is 17.9 Å². The highest BCUT2D eigenvalue weighted by molar-refractivity contribution is 6.38. The Bertz CT molecular complexity index is 1040. The predicted octanol–water partition coefficient (Wildman–Crippen LogP) is 3.39. The molecule has 1 aromatic heterocycles. The molecule has 0 aliphatic rings. The van der Waals surface area contributed by atoms with Crippen molar-refractivity contribution in [2.45, 2.75) is 6.61 Å². The van der Waals surface area contributed by atoms with Crippen molar-refractivity contribution in [3.05, 3.63) is 45.9 Å². The molecule has 0 spiro atoms. The second kappa shape index (κ2) is 8.26. The van der Waals surface area contributed by atoms with Crippen LogP contribution in [0.1, 0.15) is 5.56 Å². The number of hydrogen-bond acceptors (Lipinski definition) is 5. The standard InChI is InChI=1S/C19H20Cl2N4O3/c1-24(16(26)9-22)13-8-7-12(20)11(17(13)21)10-28-15-6-4-5-14-18(15)23-19(27-3)25(14)2/h4-8H,9-10,22H2,1-3H3. The first-order valence-corrected chi connectivity index (χ1v) is 9.20. The third kappa shape index (κ3) is 3.61. The lowest BCUT2D eigenvalue weighted by molar-refractivity contribution is -0.117. The number of anilines is 1. The Morgan fingerprint density at radius 2 is 2.04 bits per heavy atom. The second-order valence-corrected chi connectivity index (χ2v) is 6.87. The van der Waals surface area contributed by atoms with Gasteiger partial charge in [-0.3, -0.25) is 9.36 Å². The lowest BCUT2D eigenvalue weighted by Gasteiger charge is -2.20. The van der Waals surface area contributed by atoms with Gasteiger partial charge in [-0.25, -0.2) is 0 Å². The zero-order valence-corrected chi connectivity index (χ0v) is 17.2. The van der Waals surface area contributed by atoms with E-state index in [4.69, 9.17) is 38.4 Å². The summed E-state index contributed by atoms with van der Waals surface area (Å²) >= 11 is 12.8. The predicted molar refractivity (Wildman–Crippen MR) is 111 cm³/mol. The van der Waals surface area contributed by atoms with E-state index in [1.807, 2.05) is 29.8 Å². The summed E-state index contributed by atoms with van der Waals surface area (Å²) in [5.74, 6) is 0.307. The van der Waals surface area contributed by atoms with Gasteiger partial charge in [0, 0.05) is 24.7 Å². The molecule has 28 heavy (non-hydrogen) atoms. The molecule has 0 fully saturated rings. The van der Waals surface area contributed by atoms with Crippen LogP contribution in [-0.2, 0) is 18.4 Å². The molecule has 7 nitrogen and oxygen atoms in total. The van der Waals surface area contributed by atoms with Crippen LogP contribution in [0.2, 0.25) is 10.0 Å². The summed E-state index contributed by atoms with van der Waals surface area (Å²) in [7, 11) is 5.03. The average Bonchev–Trinajstić information content (AvgIpc) is 3.03. The summed E-state index contributed by atoms with van der Waals surface area (Å²) in [6.45, 7) is -0.0149. The van der Waals surface area contributed by atoms with E-state index >= 15 is 0 Å². The van der Waals surface area contributed by atoms with Crippen molar-refractivity contribution in [3.8, 4) is 11.8 Å². The first-order chi connectivity index (χ1) is 13.4. The number of imidazole rings is 1. The number of carbonyl (C=O) groups is 1. The van der Waals surface area contributed by atoms with Crippen molar-refractivity contribution in [1.82, 2.24) is 9.55 Å². The number of nitrogens with two attached hydrogens (primary N) is 1.